The van der Waals surface area contributed by atoms with Crippen LogP contribution < -0.4 is 11.1 Å². The third kappa shape index (κ3) is 4.53. The van der Waals surface area contributed by atoms with E-state index < -0.39 is 12.0 Å². The molecule has 0 radical (unpaired) electrons. The lowest BCUT2D eigenvalue weighted by Gasteiger charge is -2.24. The van der Waals surface area contributed by atoms with Crippen LogP contribution in [-0.4, -0.2) is 28.1 Å². The first-order chi connectivity index (χ1) is 8.56. The molecule has 0 aromatic rings. The number of thiocarbonyl (C=S) groups is 1. The maximum absolute atomic E-state index is 12.1. The summed E-state index contributed by atoms with van der Waals surface area (Å²) in [4.78, 5) is 12.4. The molecule has 0 aromatic heterocycles. The second kappa shape index (κ2) is 7.69. The number of carbonyl (C=O) groups excluding carboxylic acids is 1. The fraction of sp³-hybridized carbons (Fsp3) is 0.846. The summed E-state index contributed by atoms with van der Waals surface area (Å²) in [5.74, 6) is -0.532. The van der Waals surface area contributed by atoms with Crippen molar-refractivity contribution in [3.63, 3.8) is 0 Å². The second-order valence-corrected chi connectivity index (χ2v) is 5.54. The molecule has 1 aliphatic rings. The zero-order valence-corrected chi connectivity index (χ0v) is 11.8. The molecule has 1 amide bonds. The summed E-state index contributed by atoms with van der Waals surface area (Å²) in [5.41, 5.74) is 5.60. The molecule has 0 aromatic carbocycles. The van der Waals surface area contributed by atoms with Crippen molar-refractivity contribution in [2.45, 2.75) is 64.0 Å². The van der Waals surface area contributed by atoms with Crippen LogP contribution in [0.3, 0.4) is 0 Å². The summed E-state index contributed by atoms with van der Waals surface area (Å²) in [5, 5.41) is 12.9. The molecule has 0 spiro atoms. The van der Waals surface area contributed by atoms with Gasteiger partial charge in [-0.2, -0.15) is 0 Å². The lowest BCUT2D eigenvalue weighted by molar-refractivity contribution is -0.124. The smallest absolute Gasteiger partial charge is 0.230 e. The Hall–Kier alpha value is -0.680. The van der Waals surface area contributed by atoms with E-state index in [4.69, 9.17) is 18.0 Å². The molecular weight excluding hydrogens is 248 g/mol. The molecule has 1 rings (SSSR count). The van der Waals surface area contributed by atoms with Crippen LogP contribution in [0.15, 0.2) is 0 Å². The summed E-state index contributed by atoms with van der Waals surface area (Å²) in [7, 11) is 0. The minimum atomic E-state index is -0.440. The van der Waals surface area contributed by atoms with Crippen molar-refractivity contribution in [1.82, 2.24) is 5.32 Å². The van der Waals surface area contributed by atoms with E-state index >= 15 is 0 Å². The molecule has 4 N–H and O–H groups in total. The van der Waals surface area contributed by atoms with Crippen LogP contribution in [0.1, 0.15) is 51.9 Å². The lowest BCUT2D eigenvalue weighted by atomic mass is 10.0. The van der Waals surface area contributed by atoms with Gasteiger partial charge in [0.1, 0.15) is 0 Å². The Labute approximate surface area is 114 Å². The Kier molecular flexibility index (Phi) is 6.57. The molecule has 3 unspecified atom stereocenters. The lowest BCUT2D eigenvalue weighted by Crippen LogP contribution is -2.47. The minimum absolute atomic E-state index is 0.129. The highest BCUT2D eigenvalue weighted by molar-refractivity contribution is 7.80. The van der Waals surface area contributed by atoms with Gasteiger partial charge in [-0.1, -0.05) is 44.8 Å². The Morgan fingerprint density at radius 2 is 2.11 bits per heavy atom. The van der Waals surface area contributed by atoms with E-state index in [9.17, 15) is 9.90 Å². The number of rotatable bonds is 5. The molecule has 104 valence electrons. The SMILES string of the molecule is CCCC(C(=O)NC1CCCCCC1O)C(N)=S. The fourth-order valence-corrected chi connectivity index (χ4v) is 2.66. The zero-order valence-electron chi connectivity index (χ0n) is 11.0. The number of nitrogens with one attached hydrogen (secondary N) is 1. The van der Waals surface area contributed by atoms with E-state index in [-0.39, 0.29) is 16.9 Å². The fourth-order valence-electron chi connectivity index (χ4n) is 2.43. The Morgan fingerprint density at radius 3 is 2.72 bits per heavy atom. The van der Waals surface area contributed by atoms with Crippen LogP contribution >= 0.6 is 12.2 Å². The monoisotopic (exact) mass is 272 g/mol. The molecule has 18 heavy (non-hydrogen) atoms. The van der Waals surface area contributed by atoms with Gasteiger partial charge < -0.3 is 16.2 Å². The number of amides is 1. The maximum atomic E-state index is 12.1. The second-order valence-electron chi connectivity index (χ2n) is 5.06. The van der Waals surface area contributed by atoms with Gasteiger partial charge in [0.25, 0.3) is 0 Å². The summed E-state index contributed by atoms with van der Waals surface area (Å²) in [6.07, 6.45) is 5.89. The highest BCUT2D eigenvalue weighted by Crippen LogP contribution is 2.19. The van der Waals surface area contributed by atoms with Crippen molar-refractivity contribution < 1.29 is 9.90 Å². The average molecular weight is 272 g/mol. The van der Waals surface area contributed by atoms with Crippen LogP contribution in [0.5, 0.6) is 0 Å². The number of aliphatic hydroxyl groups excluding tert-OH is 1. The summed E-state index contributed by atoms with van der Waals surface area (Å²) < 4.78 is 0. The Morgan fingerprint density at radius 1 is 1.44 bits per heavy atom. The molecule has 3 atom stereocenters. The van der Waals surface area contributed by atoms with Gasteiger partial charge in [-0.3, -0.25) is 4.79 Å². The van der Waals surface area contributed by atoms with E-state index in [1.54, 1.807) is 0 Å². The van der Waals surface area contributed by atoms with E-state index in [2.05, 4.69) is 5.32 Å². The number of carbonyl (C=O) groups is 1. The molecule has 4 nitrogen and oxygen atoms in total. The third-order valence-corrected chi connectivity index (χ3v) is 3.83. The van der Waals surface area contributed by atoms with E-state index in [1.807, 2.05) is 6.92 Å². The molecule has 5 heteroatoms. The summed E-state index contributed by atoms with van der Waals surface area (Å²) in [6, 6.07) is -0.145. The normalized spacial score (nSPS) is 26.1. The van der Waals surface area contributed by atoms with Gasteiger partial charge in [0.15, 0.2) is 0 Å². The Balaban J connectivity index is 2.57. The van der Waals surface area contributed by atoms with Crippen molar-refractivity contribution in [2.24, 2.45) is 11.7 Å². The zero-order chi connectivity index (χ0) is 13.5. The van der Waals surface area contributed by atoms with E-state index in [0.29, 0.717) is 6.42 Å². The first-order valence-electron chi connectivity index (χ1n) is 6.84. The predicted octanol–water partition coefficient (Wildman–Crippen LogP) is 1.50. The standard InChI is InChI=1S/C13H24N2O2S/c1-2-6-9(12(14)18)13(17)15-10-7-4-3-5-8-11(10)16/h9-11,16H,2-8H2,1H3,(H2,14,18)(H,15,17). The number of nitrogens with two attached hydrogens (primary N) is 1. The molecule has 1 saturated carbocycles. The highest BCUT2D eigenvalue weighted by Gasteiger charge is 2.27. The van der Waals surface area contributed by atoms with Gasteiger partial charge in [-0.05, 0) is 19.3 Å². The van der Waals surface area contributed by atoms with Crippen LogP contribution in [0.4, 0.5) is 0 Å². The summed E-state index contributed by atoms with van der Waals surface area (Å²) in [6.45, 7) is 2.00. The quantitative estimate of drug-likeness (QED) is 0.524. The van der Waals surface area contributed by atoms with Crippen molar-refractivity contribution >= 4 is 23.1 Å². The molecule has 0 heterocycles. The van der Waals surface area contributed by atoms with Gasteiger partial charge in [0.05, 0.1) is 23.1 Å². The first kappa shape index (κ1) is 15.4. The maximum Gasteiger partial charge on any atom is 0.230 e. The van der Waals surface area contributed by atoms with Gasteiger partial charge in [-0.25, -0.2) is 0 Å². The third-order valence-electron chi connectivity index (χ3n) is 3.54. The largest absolute Gasteiger partial charge is 0.393 e. The van der Waals surface area contributed by atoms with Gasteiger partial charge in [0, 0.05) is 0 Å². The van der Waals surface area contributed by atoms with E-state index in [1.165, 1.54) is 0 Å². The minimum Gasteiger partial charge on any atom is -0.393 e. The summed E-state index contributed by atoms with van der Waals surface area (Å²) >= 11 is 4.94. The van der Waals surface area contributed by atoms with Crippen molar-refractivity contribution in [3.05, 3.63) is 0 Å². The number of hydrogen-bond donors (Lipinski definition) is 3. The van der Waals surface area contributed by atoms with Crippen molar-refractivity contribution in [2.75, 3.05) is 0 Å². The highest BCUT2D eigenvalue weighted by atomic mass is 32.1. The van der Waals surface area contributed by atoms with Crippen LogP contribution in [0, 0.1) is 5.92 Å². The molecule has 0 bridgehead atoms. The molecule has 1 fully saturated rings. The molecule has 0 aliphatic heterocycles. The van der Waals surface area contributed by atoms with Gasteiger partial charge in [-0.15, -0.1) is 0 Å². The number of hydrogen-bond acceptors (Lipinski definition) is 3. The van der Waals surface area contributed by atoms with Crippen LogP contribution in [-0.2, 0) is 4.79 Å². The number of aliphatic hydroxyl groups is 1. The van der Waals surface area contributed by atoms with Gasteiger partial charge >= 0.3 is 0 Å². The van der Waals surface area contributed by atoms with Gasteiger partial charge in [0.2, 0.25) is 5.91 Å². The van der Waals surface area contributed by atoms with Crippen LogP contribution in [0.25, 0.3) is 0 Å². The van der Waals surface area contributed by atoms with Crippen molar-refractivity contribution in [1.29, 1.82) is 0 Å². The first-order valence-corrected chi connectivity index (χ1v) is 7.24. The topological polar surface area (TPSA) is 75.3 Å². The van der Waals surface area contributed by atoms with Crippen molar-refractivity contribution in [3.8, 4) is 0 Å². The predicted molar refractivity (Wildman–Crippen MR) is 76.2 cm³/mol. The Bertz CT molecular complexity index is 297. The molecular formula is C13H24N2O2S. The molecule has 1 aliphatic carbocycles. The van der Waals surface area contributed by atoms with Crippen LogP contribution in [0.2, 0.25) is 0 Å². The van der Waals surface area contributed by atoms with E-state index in [0.717, 1.165) is 38.5 Å². The average Bonchev–Trinajstić information content (AvgIpc) is 2.51. The molecule has 0 saturated heterocycles.